The Morgan fingerprint density at radius 2 is 2.11 bits per heavy atom. The van der Waals surface area contributed by atoms with Crippen LogP contribution in [0.1, 0.15) is 0 Å². The maximum Gasteiger partial charge on any atom is 0.235 e. The van der Waals surface area contributed by atoms with Gasteiger partial charge in [0.2, 0.25) is 10.0 Å². The van der Waals surface area contributed by atoms with Crippen molar-refractivity contribution >= 4 is 45.1 Å². The SMILES string of the molecule is O=S(=O)(N1CCOCC1)C12C=CC3SC3C1(Cl)S2. The molecule has 0 aromatic rings. The number of thioether (sulfide) groups is 2. The van der Waals surface area contributed by atoms with Gasteiger partial charge in [-0.05, 0) is 0 Å². The van der Waals surface area contributed by atoms with Gasteiger partial charge >= 0.3 is 0 Å². The van der Waals surface area contributed by atoms with E-state index in [2.05, 4.69) is 0 Å². The largest absolute Gasteiger partial charge is 0.379 e. The first-order valence-corrected chi connectivity index (χ1v) is 9.40. The number of hydrogen-bond acceptors (Lipinski definition) is 5. The summed E-state index contributed by atoms with van der Waals surface area (Å²) in [7, 11) is -3.39. The van der Waals surface area contributed by atoms with Crippen LogP contribution in [0.4, 0.5) is 0 Å². The summed E-state index contributed by atoms with van der Waals surface area (Å²) in [5.41, 5.74) is 0. The van der Waals surface area contributed by atoms with Crippen molar-refractivity contribution in [3.63, 3.8) is 0 Å². The van der Waals surface area contributed by atoms with Crippen molar-refractivity contribution in [1.82, 2.24) is 4.31 Å². The van der Waals surface area contributed by atoms with Gasteiger partial charge in [-0.1, -0.05) is 12.2 Å². The summed E-state index contributed by atoms with van der Waals surface area (Å²) in [5, 5.41) is 0.676. The van der Waals surface area contributed by atoms with E-state index in [1.807, 2.05) is 12.2 Å². The van der Waals surface area contributed by atoms with Gasteiger partial charge in [0.15, 0.2) is 4.08 Å². The highest BCUT2D eigenvalue weighted by molar-refractivity contribution is 8.25. The van der Waals surface area contributed by atoms with Gasteiger partial charge in [-0.3, -0.25) is 0 Å². The molecule has 3 fully saturated rings. The number of fused-ring (bicyclic) bond motifs is 3. The van der Waals surface area contributed by atoms with Crippen molar-refractivity contribution in [2.75, 3.05) is 26.3 Å². The van der Waals surface area contributed by atoms with E-state index >= 15 is 0 Å². The molecular formula is C10H12ClNO3S3. The molecule has 0 saturated carbocycles. The predicted octanol–water partition coefficient (Wildman–Crippen LogP) is 1.08. The van der Waals surface area contributed by atoms with Gasteiger partial charge < -0.3 is 4.74 Å². The molecule has 0 spiro atoms. The molecule has 3 aliphatic heterocycles. The van der Waals surface area contributed by atoms with Crippen molar-refractivity contribution in [1.29, 1.82) is 0 Å². The molecule has 1 aliphatic carbocycles. The van der Waals surface area contributed by atoms with Crippen LogP contribution >= 0.6 is 35.1 Å². The van der Waals surface area contributed by atoms with Crippen molar-refractivity contribution in [2.45, 2.75) is 18.8 Å². The maximum absolute atomic E-state index is 12.8. The summed E-state index contributed by atoms with van der Waals surface area (Å²) in [6, 6.07) is 0. The van der Waals surface area contributed by atoms with E-state index < -0.39 is 18.3 Å². The Balaban J connectivity index is 1.71. The van der Waals surface area contributed by atoms with Crippen LogP contribution in [-0.4, -0.2) is 57.8 Å². The number of morpholine rings is 1. The number of sulfonamides is 1. The monoisotopic (exact) mass is 325 g/mol. The molecule has 4 atom stereocenters. The van der Waals surface area contributed by atoms with E-state index in [-0.39, 0.29) is 5.25 Å². The number of ether oxygens (including phenoxy) is 1. The summed E-state index contributed by atoms with van der Waals surface area (Å²) in [6.45, 7) is 1.82. The molecule has 8 heteroatoms. The number of halogens is 1. The van der Waals surface area contributed by atoms with Crippen LogP contribution in [0.5, 0.6) is 0 Å². The third kappa shape index (κ3) is 1.36. The highest BCUT2D eigenvalue weighted by Crippen LogP contribution is 2.80. The molecular weight excluding hydrogens is 314 g/mol. The molecule has 3 saturated heterocycles. The topological polar surface area (TPSA) is 46.6 Å². The number of hydrogen-bond donors (Lipinski definition) is 0. The lowest BCUT2D eigenvalue weighted by molar-refractivity contribution is 0.0727. The second-order valence-electron chi connectivity index (χ2n) is 4.81. The Bertz CT molecular complexity index is 532. The lowest BCUT2D eigenvalue weighted by Crippen LogP contribution is -2.49. The fourth-order valence-electron chi connectivity index (χ4n) is 2.68. The molecule has 0 aromatic carbocycles. The van der Waals surface area contributed by atoms with Gasteiger partial charge in [0.05, 0.1) is 18.5 Å². The fraction of sp³-hybridized carbons (Fsp3) is 0.800. The van der Waals surface area contributed by atoms with Crippen molar-refractivity contribution < 1.29 is 13.2 Å². The van der Waals surface area contributed by atoms with Crippen LogP contribution in [-0.2, 0) is 14.8 Å². The number of alkyl halides is 1. The molecule has 4 nitrogen and oxygen atoms in total. The molecule has 0 bridgehead atoms. The van der Waals surface area contributed by atoms with Crippen molar-refractivity contribution in [3.05, 3.63) is 12.2 Å². The third-order valence-electron chi connectivity index (χ3n) is 3.82. The highest BCUT2D eigenvalue weighted by Gasteiger charge is 2.84. The van der Waals surface area contributed by atoms with Gasteiger partial charge in [-0.15, -0.1) is 35.1 Å². The zero-order valence-corrected chi connectivity index (χ0v) is 12.6. The zero-order valence-electron chi connectivity index (χ0n) is 9.41. The molecule has 0 amide bonds. The summed E-state index contributed by atoms with van der Waals surface area (Å²) in [5.74, 6) is 0. The second-order valence-corrected chi connectivity index (χ2v) is 10.8. The minimum atomic E-state index is -3.39. The molecule has 4 aliphatic rings. The predicted molar refractivity (Wildman–Crippen MR) is 74.5 cm³/mol. The van der Waals surface area contributed by atoms with E-state index in [9.17, 15) is 8.42 Å². The molecule has 0 aromatic heterocycles. The van der Waals surface area contributed by atoms with E-state index in [0.717, 1.165) is 0 Å². The van der Waals surface area contributed by atoms with Gasteiger partial charge in [-0.25, -0.2) is 8.42 Å². The smallest absolute Gasteiger partial charge is 0.235 e. The minimum Gasteiger partial charge on any atom is -0.379 e. The fourth-order valence-corrected chi connectivity index (χ4v) is 9.71. The first-order valence-electron chi connectivity index (χ1n) is 5.83. The average Bonchev–Trinajstić information content (AvgIpc) is 3.21. The Labute approximate surface area is 119 Å². The maximum atomic E-state index is 12.8. The molecule has 18 heavy (non-hydrogen) atoms. The number of nitrogens with zero attached hydrogens (tertiary/aromatic N) is 1. The van der Waals surface area contributed by atoms with E-state index in [0.29, 0.717) is 31.6 Å². The average molecular weight is 326 g/mol. The minimum absolute atomic E-state index is 0.255. The summed E-state index contributed by atoms with van der Waals surface area (Å²) < 4.78 is 30.7. The van der Waals surface area contributed by atoms with E-state index in [1.165, 1.54) is 16.1 Å². The molecule has 100 valence electrons. The Kier molecular flexibility index (Phi) is 2.48. The van der Waals surface area contributed by atoms with Crippen LogP contribution in [0, 0.1) is 0 Å². The quantitative estimate of drug-likeness (QED) is 0.432. The normalized spacial score (nSPS) is 50.5. The third-order valence-corrected chi connectivity index (χ3v) is 11.2. The molecule has 0 radical (unpaired) electrons. The van der Waals surface area contributed by atoms with Crippen LogP contribution < -0.4 is 0 Å². The Morgan fingerprint density at radius 1 is 1.39 bits per heavy atom. The summed E-state index contributed by atoms with van der Waals surface area (Å²) in [4.78, 5) is 0. The Morgan fingerprint density at radius 3 is 2.83 bits per heavy atom. The first kappa shape index (κ1) is 12.3. The second kappa shape index (κ2) is 3.62. The number of rotatable bonds is 2. The molecule has 4 unspecified atom stereocenters. The van der Waals surface area contributed by atoms with Crippen molar-refractivity contribution in [3.8, 4) is 0 Å². The van der Waals surface area contributed by atoms with Crippen LogP contribution in [0.2, 0.25) is 0 Å². The molecule has 0 N–H and O–H groups in total. The molecule has 4 rings (SSSR count). The van der Waals surface area contributed by atoms with E-state index in [4.69, 9.17) is 16.3 Å². The lowest BCUT2D eigenvalue weighted by atomic mass is 10.1. The standard InChI is InChI=1S/C10H12ClNO3S3/c11-10-8-7(16-8)1-2-9(10,17-10)18(13,14)12-3-5-15-6-4-12/h1-2,7-8H,3-6H2. The van der Waals surface area contributed by atoms with Gasteiger partial charge in [-0.2, -0.15) is 4.31 Å². The van der Waals surface area contributed by atoms with Gasteiger partial charge in [0, 0.05) is 18.3 Å². The van der Waals surface area contributed by atoms with Crippen LogP contribution in [0.3, 0.4) is 0 Å². The van der Waals surface area contributed by atoms with E-state index in [1.54, 1.807) is 11.8 Å². The van der Waals surface area contributed by atoms with Crippen LogP contribution in [0.25, 0.3) is 0 Å². The first-order chi connectivity index (χ1) is 8.51. The summed E-state index contributed by atoms with van der Waals surface area (Å²) >= 11 is 9.70. The van der Waals surface area contributed by atoms with Crippen LogP contribution in [0.15, 0.2) is 12.2 Å². The zero-order chi connectivity index (χ0) is 12.6. The van der Waals surface area contributed by atoms with Gasteiger partial charge in [0.1, 0.15) is 4.21 Å². The Hall–Kier alpha value is 0.600. The van der Waals surface area contributed by atoms with Gasteiger partial charge in [0.25, 0.3) is 0 Å². The highest BCUT2D eigenvalue weighted by atomic mass is 35.5. The lowest BCUT2D eigenvalue weighted by Gasteiger charge is -2.30. The van der Waals surface area contributed by atoms with Crippen molar-refractivity contribution in [2.24, 2.45) is 0 Å². The summed E-state index contributed by atoms with van der Waals surface area (Å²) in [6.07, 6.45) is 3.82. The molecule has 3 heterocycles.